The number of morpholine rings is 1. The van der Waals surface area contributed by atoms with Crippen molar-refractivity contribution in [1.82, 2.24) is 25.1 Å². The van der Waals surface area contributed by atoms with E-state index in [4.69, 9.17) is 17.0 Å². The van der Waals surface area contributed by atoms with Crippen molar-refractivity contribution in [2.45, 2.75) is 18.5 Å². The standard InChI is InChI=1S/C19H25N5OS/c26-19-22-17(15-5-1-2-7-20-15)18(16-6-3-8-21-16)24(19)10-4-9-23-11-13-25-14-12-23/h1-3,5-8,17-18,21H,4,9-14H2,(H,22,26)/t17-,18-/m1/s1. The molecule has 7 heteroatoms. The Bertz CT molecular complexity index is 702. The van der Waals surface area contributed by atoms with Gasteiger partial charge >= 0.3 is 0 Å². The van der Waals surface area contributed by atoms with Crippen LogP contribution >= 0.6 is 12.2 Å². The molecule has 0 radical (unpaired) electrons. The lowest BCUT2D eigenvalue weighted by Crippen LogP contribution is -2.39. The average Bonchev–Trinajstić information content (AvgIpc) is 3.32. The first kappa shape index (κ1) is 17.5. The Morgan fingerprint density at radius 2 is 2.04 bits per heavy atom. The van der Waals surface area contributed by atoms with Gasteiger partial charge in [0.05, 0.1) is 31.0 Å². The van der Waals surface area contributed by atoms with Gasteiger partial charge in [-0.2, -0.15) is 0 Å². The minimum atomic E-state index is 0.0609. The van der Waals surface area contributed by atoms with E-state index in [9.17, 15) is 0 Å². The zero-order valence-corrected chi connectivity index (χ0v) is 15.6. The van der Waals surface area contributed by atoms with Crippen molar-refractivity contribution < 1.29 is 4.74 Å². The molecule has 2 atom stereocenters. The fourth-order valence-corrected chi connectivity index (χ4v) is 4.13. The van der Waals surface area contributed by atoms with Crippen molar-refractivity contribution in [3.05, 3.63) is 54.1 Å². The number of thiocarbonyl (C=S) groups is 1. The van der Waals surface area contributed by atoms with Crippen molar-refractivity contribution in [2.75, 3.05) is 39.4 Å². The van der Waals surface area contributed by atoms with Crippen LogP contribution in [-0.4, -0.2) is 64.3 Å². The molecule has 26 heavy (non-hydrogen) atoms. The maximum atomic E-state index is 5.68. The maximum absolute atomic E-state index is 5.68. The van der Waals surface area contributed by atoms with Gasteiger partial charge in [0.15, 0.2) is 5.11 Å². The molecule has 0 aliphatic carbocycles. The molecular formula is C19H25N5OS. The first-order valence-corrected chi connectivity index (χ1v) is 9.65. The van der Waals surface area contributed by atoms with E-state index in [0.29, 0.717) is 0 Å². The van der Waals surface area contributed by atoms with E-state index < -0.39 is 0 Å². The number of nitrogens with zero attached hydrogens (tertiary/aromatic N) is 3. The van der Waals surface area contributed by atoms with Crippen molar-refractivity contribution in [1.29, 1.82) is 0 Å². The third kappa shape index (κ3) is 3.75. The van der Waals surface area contributed by atoms with Crippen molar-refractivity contribution in [3.8, 4) is 0 Å². The van der Waals surface area contributed by atoms with Crippen LogP contribution in [0.5, 0.6) is 0 Å². The minimum absolute atomic E-state index is 0.0609. The first-order valence-electron chi connectivity index (χ1n) is 9.24. The number of hydrogen-bond donors (Lipinski definition) is 2. The lowest BCUT2D eigenvalue weighted by Gasteiger charge is -2.30. The predicted octanol–water partition coefficient (Wildman–Crippen LogP) is 2.10. The molecule has 2 saturated heterocycles. The Balaban J connectivity index is 1.48. The van der Waals surface area contributed by atoms with Gasteiger partial charge in [0, 0.05) is 44.3 Å². The molecular weight excluding hydrogens is 346 g/mol. The van der Waals surface area contributed by atoms with E-state index >= 15 is 0 Å². The third-order valence-corrected chi connectivity index (χ3v) is 5.47. The lowest BCUT2D eigenvalue weighted by atomic mass is 10.0. The Hall–Kier alpha value is -1.96. The number of H-pyrrole nitrogens is 1. The van der Waals surface area contributed by atoms with Crippen LogP contribution in [0.3, 0.4) is 0 Å². The first-order chi connectivity index (χ1) is 12.8. The second-order valence-electron chi connectivity index (χ2n) is 6.75. The number of rotatable bonds is 6. The number of aromatic nitrogens is 2. The highest BCUT2D eigenvalue weighted by Crippen LogP contribution is 2.37. The molecule has 0 aromatic carbocycles. The van der Waals surface area contributed by atoms with Crippen LogP contribution in [0.1, 0.15) is 29.9 Å². The summed E-state index contributed by atoms with van der Waals surface area (Å²) in [5.41, 5.74) is 2.18. The third-order valence-electron chi connectivity index (χ3n) is 5.12. The van der Waals surface area contributed by atoms with Gasteiger partial charge in [0.2, 0.25) is 0 Å². The lowest BCUT2D eigenvalue weighted by molar-refractivity contribution is 0.0365. The van der Waals surface area contributed by atoms with Crippen LogP contribution in [0.2, 0.25) is 0 Å². The molecule has 2 fully saturated rings. The molecule has 0 spiro atoms. The molecule has 0 bridgehead atoms. The van der Waals surface area contributed by atoms with Crippen LogP contribution in [0.25, 0.3) is 0 Å². The van der Waals surface area contributed by atoms with E-state index in [1.807, 2.05) is 30.6 Å². The van der Waals surface area contributed by atoms with Crippen LogP contribution in [0, 0.1) is 0 Å². The Morgan fingerprint density at radius 3 is 2.77 bits per heavy atom. The molecule has 2 aromatic rings. The van der Waals surface area contributed by atoms with Crippen LogP contribution < -0.4 is 5.32 Å². The van der Waals surface area contributed by atoms with Crippen LogP contribution in [-0.2, 0) is 4.74 Å². The Kier molecular flexibility index (Phi) is 5.48. The normalized spacial score (nSPS) is 24.0. The summed E-state index contributed by atoms with van der Waals surface area (Å²) in [6, 6.07) is 10.4. The van der Waals surface area contributed by atoms with E-state index in [1.165, 1.54) is 5.69 Å². The van der Waals surface area contributed by atoms with Gasteiger partial charge in [0.1, 0.15) is 0 Å². The highest BCUT2D eigenvalue weighted by molar-refractivity contribution is 7.80. The van der Waals surface area contributed by atoms with Crippen molar-refractivity contribution in [3.63, 3.8) is 0 Å². The molecule has 0 saturated carbocycles. The summed E-state index contributed by atoms with van der Waals surface area (Å²) in [5, 5.41) is 4.30. The highest BCUT2D eigenvalue weighted by Gasteiger charge is 2.39. The van der Waals surface area contributed by atoms with Gasteiger partial charge in [-0.15, -0.1) is 0 Å². The molecule has 0 amide bonds. The number of hydrogen-bond acceptors (Lipinski definition) is 4. The fourth-order valence-electron chi connectivity index (χ4n) is 3.80. The topological polar surface area (TPSA) is 56.4 Å². The number of pyridine rings is 1. The summed E-state index contributed by atoms with van der Waals surface area (Å²) >= 11 is 5.68. The maximum Gasteiger partial charge on any atom is 0.170 e. The Morgan fingerprint density at radius 1 is 1.15 bits per heavy atom. The molecule has 2 N–H and O–H groups in total. The second-order valence-corrected chi connectivity index (χ2v) is 7.14. The summed E-state index contributed by atoms with van der Waals surface area (Å²) < 4.78 is 5.43. The van der Waals surface area contributed by atoms with Crippen LogP contribution in [0.4, 0.5) is 0 Å². The summed E-state index contributed by atoms with van der Waals surface area (Å²) in [6.45, 7) is 5.75. The fraction of sp³-hybridized carbons (Fsp3) is 0.474. The summed E-state index contributed by atoms with van der Waals surface area (Å²) in [5.74, 6) is 0. The molecule has 6 nitrogen and oxygen atoms in total. The zero-order chi connectivity index (χ0) is 17.8. The molecule has 4 rings (SSSR count). The smallest absolute Gasteiger partial charge is 0.170 e. The SMILES string of the molecule is S=C1N[C@H](c2ccccn2)[C@@H](c2ccc[nH]2)N1CCCN1CCOCC1. The van der Waals surface area contributed by atoms with Crippen LogP contribution in [0.15, 0.2) is 42.7 Å². The number of ether oxygens (including phenoxy) is 1. The molecule has 4 heterocycles. The van der Waals surface area contributed by atoms with Gasteiger partial charge < -0.3 is 19.9 Å². The molecule has 0 unspecified atom stereocenters. The second kappa shape index (κ2) is 8.16. The van der Waals surface area contributed by atoms with E-state index in [0.717, 1.165) is 56.6 Å². The molecule has 2 aliphatic heterocycles. The average molecular weight is 372 g/mol. The van der Waals surface area contributed by atoms with E-state index in [1.54, 1.807) is 0 Å². The minimum Gasteiger partial charge on any atom is -0.379 e. The summed E-state index contributed by atoms with van der Waals surface area (Å²) in [7, 11) is 0. The van der Waals surface area contributed by atoms with Gasteiger partial charge in [-0.05, 0) is 42.9 Å². The van der Waals surface area contributed by atoms with Crippen molar-refractivity contribution >= 4 is 17.3 Å². The van der Waals surface area contributed by atoms with Gasteiger partial charge in [-0.1, -0.05) is 6.07 Å². The van der Waals surface area contributed by atoms with Crippen molar-refractivity contribution in [2.24, 2.45) is 0 Å². The largest absolute Gasteiger partial charge is 0.379 e. The Labute approximate surface area is 159 Å². The molecule has 2 aromatic heterocycles. The number of aromatic amines is 1. The molecule has 2 aliphatic rings. The highest BCUT2D eigenvalue weighted by atomic mass is 32.1. The van der Waals surface area contributed by atoms with Gasteiger partial charge in [0.25, 0.3) is 0 Å². The summed E-state index contributed by atoms with van der Waals surface area (Å²) in [4.78, 5) is 12.7. The number of nitrogens with one attached hydrogen (secondary N) is 2. The predicted molar refractivity (Wildman–Crippen MR) is 105 cm³/mol. The molecule has 138 valence electrons. The van der Waals surface area contributed by atoms with Gasteiger partial charge in [-0.3, -0.25) is 9.88 Å². The van der Waals surface area contributed by atoms with Gasteiger partial charge in [-0.25, -0.2) is 0 Å². The summed E-state index contributed by atoms with van der Waals surface area (Å²) in [6.07, 6.45) is 4.89. The van der Waals surface area contributed by atoms with E-state index in [-0.39, 0.29) is 12.1 Å². The monoisotopic (exact) mass is 371 g/mol. The zero-order valence-electron chi connectivity index (χ0n) is 14.8. The van der Waals surface area contributed by atoms with E-state index in [2.05, 4.69) is 37.2 Å². The quantitative estimate of drug-likeness (QED) is 0.759.